The van der Waals surface area contributed by atoms with Gasteiger partial charge in [-0.3, -0.25) is 0 Å². The molecule has 1 aliphatic rings. The molecule has 1 unspecified atom stereocenters. The number of nitrogens with two attached hydrogens (primary N) is 1. The second-order valence-electron chi connectivity index (χ2n) is 5.19. The Morgan fingerprint density at radius 1 is 1.28 bits per heavy atom. The maximum atomic E-state index is 11.6. The average Bonchev–Trinajstić information content (AvgIpc) is 2.27. The Kier molecular flexibility index (Phi) is 8.43. The SMILES string of the molecule is CCCS(=O)(=O)CCN1CCC(C(C)N)CC1.Cl. The Hall–Kier alpha value is 0.160. The molecule has 0 spiro atoms. The quantitative estimate of drug-likeness (QED) is 0.803. The van der Waals surface area contributed by atoms with E-state index in [0.717, 1.165) is 32.4 Å². The summed E-state index contributed by atoms with van der Waals surface area (Å²) in [6, 6.07) is 0.265. The zero-order valence-corrected chi connectivity index (χ0v) is 13.1. The third-order valence-corrected chi connectivity index (χ3v) is 5.44. The van der Waals surface area contributed by atoms with E-state index >= 15 is 0 Å². The van der Waals surface area contributed by atoms with Crippen LogP contribution in [0.1, 0.15) is 33.1 Å². The lowest BCUT2D eigenvalue weighted by Crippen LogP contribution is -2.41. The van der Waals surface area contributed by atoms with Crippen molar-refractivity contribution in [3.63, 3.8) is 0 Å². The van der Waals surface area contributed by atoms with Gasteiger partial charge in [0.25, 0.3) is 0 Å². The molecule has 0 aliphatic carbocycles. The first kappa shape index (κ1) is 18.2. The number of hydrogen-bond acceptors (Lipinski definition) is 4. The zero-order valence-electron chi connectivity index (χ0n) is 11.5. The van der Waals surface area contributed by atoms with Gasteiger partial charge in [0.15, 0.2) is 9.84 Å². The van der Waals surface area contributed by atoms with Crippen LogP contribution in [0.3, 0.4) is 0 Å². The van der Waals surface area contributed by atoms with E-state index in [0.29, 0.717) is 24.0 Å². The molecule has 4 nitrogen and oxygen atoms in total. The molecule has 1 aliphatic heterocycles. The highest BCUT2D eigenvalue weighted by Gasteiger charge is 2.22. The Morgan fingerprint density at radius 3 is 2.28 bits per heavy atom. The summed E-state index contributed by atoms with van der Waals surface area (Å²) in [5.74, 6) is 1.24. The van der Waals surface area contributed by atoms with Crippen molar-refractivity contribution in [2.75, 3.05) is 31.1 Å². The number of sulfone groups is 1. The van der Waals surface area contributed by atoms with Crippen LogP contribution in [0, 0.1) is 5.92 Å². The van der Waals surface area contributed by atoms with E-state index in [2.05, 4.69) is 11.8 Å². The van der Waals surface area contributed by atoms with Gasteiger partial charge in [-0.1, -0.05) is 6.92 Å². The molecule has 1 rings (SSSR count). The van der Waals surface area contributed by atoms with Crippen LogP contribution in [-0.2, 0) is 9.84 Å². The molecule has 1 atom stereocenters. The zero-order chi connectivity index (χ0) is 12.9. The van der Waals surface area contributed by atoms with Gasteiger partial charge >= 0.3 is 0 Å². The van der Waals surface area contributed by atoms with Crippen molar-refractivity contribution >= 4 is 22.2 Å². The fourth-order valence-electron chi connectivity index (χ4n) is 2.38. The van der Waals surface area contributed by atoms with Crippen LogP contribution in [0.4, 0.5) is 0 Å². The third kappa shape index (κ3) is 6.36. The monoisotopic (exact) mass is 298 g/mol. The second kappa shape index (κ2) is 8.35. The molecule has 1 heterocycles. The first-order valence-electron chi connectivity index (χ1n) is 6.63. The van der Waals surface area contributed by atoms with Gasteiger partial charge in [0, 0.05) is 18.3 Å². The van der Waals surface area contributed by atoms with E-state index < -0.39 is 9.84 Å². The smallest absolute Gasteiger partial charge is 0.151 e. The summed E-state index contributed by atoms with van der Waals surface area (Å²) in [7, 11) is -2.83. The van der Waals surface area contributed by atoms with Crippen molar-refractivity contribution in [1.82, 2.24) is 4.90 Å². The normalized spacial score (nSPS) is 20.4. The molecule has 0 amide bonds. The Morgan fingerprint density at radius 2 is 1.83 bits per heavy atom. The van der Waals surface area contributed by atoms with Gasteiger partial charge in [0.2, 0.25) is 0 Å². The molecule has 0 radical (unpaired) electrons. The summed E-state index contributed by atoms with van der Waals surface area (Å²) in [5, 5.41) is 0. The summed E-state index contributed by atoms with van der Waals surface area (Å²) in [4.78, 5) is 2.26. The standard InChI is InChI=1S/C12H26N2O2S.ClH/c1-3-9-17(15,16)10-8-14-6-4-12(5-7-14)11(2)13;/h11-12H,3-10,13H2,1-2H3;1H. The molecule has 110 valence electrons. The van der Waals surface area contributed by atoms with Crippen LogP contribution in [0.5, 0.6) is 0 Å². The molecule has 0 aromatic heterocycles. The first-order valence-corrected chi connectivity index (χ1v) is 8.45. The lowest BCUT2D eigenvalue weighted by Gasteiger charge is -2.33. The minimum atomic E-state index is -2.83. The van der Waals surface area contributed by atoms with E-state index in [9.17, 15) is 8.42 Å². The van der Waals surface area contributed by atoms with Crippen molar-refractivity contribution in [2.45, 2.75) is 39.2 Å². The highest BCUT2D eigenvalue weighted by Crippen LogP contribution is 2.19. The highest BCUT2D eigenvalue weighted by molar-refractivity contribution is 7.91. The van der Waals surface area contributed by atoms with Gasteiger partial charge in [-0.25, -0.2) is 8.42 Å². The van der Waals surface area contributed by atoms with Gasteiger partial charge < -0.3 is 10.6 Å². The number of halogens is 1. The maximum Gasteiger partial charge on any atom is 0.151 e. The largest absolute Gasteiger partial charge is 0.328 e. The number of likely N-dealkylation sites (tertiary alicyclic amines) is 1. The molecule has 2 N–H and O–H groups in total. The van der Waals surface area contributed by atoms with E-state index in [1.54, 1.807) is 0 Å². The van der Waals surface area contributed by atoms with Gasteiger partial charge in [0.05, 0.1) is 5.75 Å². The van der Waals surface area contributed by atoms with Crippen molar-refractivity contribution in [1.29, 1.82) is 0 Å². The topological polar surface area (TPSA) is 63.4 Å². The minimum Gasteiger partial charge on any atom is -0.328 e. The number of piperidine rings is 1. The number of rotatable bonds is 6. The molecule has 1 saturated heterocycles. The predicted molar refractivity (Wildman–Crippen MR) is 79.0 cm³/mol. The molecule has 0 aromatic rings. The molecule has 1 fully saturated rings. The van der Waals surface area contributed by atoms with Crippen molar-refractivity contribution < 1.29 is 8.42 Å². The fourth-order valence-corrected chi connectivity index (χ4v) is 3.75. The molecular formula is C12H27ClN2O2S. The van der Waals surface area contributed by atoms with Crippen LogP contribution >= 0.6 is 12.4 Å². The van der Waals surface area contributed by atoms with Crippen LogP contribution in [0.15, 0.2) is 0 Å². The summed E-state index contributed by atoms with van der Waals surface area (Å²) in [5.41, 5.74) is 5.88. The van der Waals surface area contributed by atoms with Crippen molar-refractivity contribution in [3.05, 3.63) is 0 Å². The Labute approximate surface area is 118 Å². The summed E-state index contributed by atoms with van der Waals surface area (Å²) in [6.45, 7) is 6.65. The fraction of sp³-hybridized carbons (Fsp3) is 1.00. The minimum absolute atomic E-state index is 0. The van der Waals surface area contributed by atoms with E-state index in [1.165, 1.54) is 0 Å². The van der Waals surface area contributed by atoms with E-state index in [1.807, 2.05) is 6.92 Å². The van der Waals surface area contributed by atoms with Gasteiger partial charge in [-0.15, -0.1) is 12.4 Å². The Bertz CT molecular complexity index is 312. The van der Waals surface area contributed by atoms with E-state index in [4.69, 9.17) is 5.73 Å². The second-order valence-corrected chi connectivity index (χ2v) is 7.49. The van der Waals surface area contributed by atoms with Crippen LogP contribution in [-0.4, -0.2) is 50.5 Å². The number of hydrogen-bond donors (Lipinski definition) is 1. The molecule has 0 bridgehead atoms. The van der Waals surface area contributed by atoms with Crippen molar-refractivity contribution in [2.24, 2.45) is 11.7 Å². The predicted octanol–water partition coefficient (Wildman–Crippen LogP) is 1.29. The summed E-state index contributed by atoms with van der Waals surface area (Å²) in [6.07, 6.45) is 2.92. The highest BCUT2D eigenvalue weighted by atomic mass is 35.5. The lowest BCUT2D eigenvalue weighted by atomic mass is 9.91. The van der Waals surface area contributed by atoms with Crippen molar-refractivity contribution in [3.8, 4) is 0 Å². The van der Waals surface area contributed by atoms with Crippen LogP contribution < -0.4 is 5.73 Å². The molecule has 0 saturated carbocycles. The summed E-state index contributed by atoms with van der Waals surface area (Å²) < 4.78 is 23.2. The van der Waals surface area contributed by atoms with E-state index in [-0.39, 0.29) is 18.4 Å². The molecule has 6 heteroatoms. The third-order valence-electron chi connectivity index (χ3n) is 3.61. The van der Waals surface area contributed by atoms with Crippen LogP contribution in [0.25, 0.3) is 0 Å². The summed E-state index contributed by atoms with van der Waals surface area (Å²) >= 11 is 0. The van der Waals surface area contributed by atoms with Gasteiger partial charge in [-0.05, 0) is 45.2 Å². The number of nitrogens with zero attached hydrogens (tertiary/aromatic N) is 1. The van der Waals surface area contributed by atoms with Crippen LogP contribution in [0.2, 0.25) is 0 Å². The Balaban J connectivity index is 0.00000289. The molecule has 18 heavy (non-hydrogen) atoms. The lowest BCUT2D eigenvalue weighted by molar-refractivity contribution is 0.180. The average molecular weight is 299 g/mol. The van der Waals surface area contributed by atoms with Gasteiger partial charge in [-0.2, -0.15) is 0 Å². The van der Waals surface area contributed by atoms with Gasteiger partial charge in [0.1, 0.15) is 0 Å². The first-order chi connectivity index (χ1) is 7.94. The maximum absolute atomic E-state index is 11.6. The molecule has 0 aromatic carbocycles. The molecular weight excluding hydrogens is 272 g/mol.